The zero-order valence-electron chi connectivity index (χ0n) is 11.9. The molecule has 0 bridgehead atoms. The maximum atomic E-state index is 10.1. The van der Waals surface area contributed by atoms with Crippen LogP contribution in [0.15, 0.2) is 50.9 Å². The van der Waals surface area contributed by atoms with E-state index >= 15 is 0 Å². The molecule has 2 aromatic rings. The van der Waals surface area contributed by atoms with Crippen LogP contribution in [0.1, 0.15) is 5.56 Å². The summed E-state index contributed by atoms with van der Waals surface area (Å²) >= 11 is 3.49. The van der Waals surface area contributed by atoms with Crippen molar-refractivity contribution in [1.82, 2.24) is 0 Å². The summed E-state index contributed by atoms with van der Waals surface area (Å²) in [6.45, 7) is 1.93. The van der Waals surface area contributed by atoms with Crippen LogP contribution in [0.5, 0.6) is 5.75 Å². The molecule has 0 radical (unpaired) electrons. The van der Waals surface area contributed by atoms with Crippen LogP contribution in [0.25, 0.3) is 11.1 Å². The molecule has 0 amide bonds. The largest absolute Gasteiger partial charge is 0.507 e. The number of aromatic hydroxyl groups is 1. The first-order valence-electron chi connectivity index (χ1n) is 6.41. The summed E-state index contributed by atoms with van der Waals surface area (Å²) < 4.78 is 0.752. The molecule has 7 heteroatoms. The van der Waals surface area contributed by atoms with E-state index in [1.165, 1.54) is 0 Å². The second-order valence-electron chi connectivity index (χ2n) is 4.62. The fourth-order valence-corrected chi connectivity index (χ4v) is 2.40. The number of nitrogens with zero attached hydrogens (tertiary/aromatic N) is 2. The van der Waals surface area contributed by atoms with E-state index in [4.69, 9.17) is 17.2 Å². The fourth-order valence-electron chi connectivity index (χ4n) is 1.97. The Balaban J connectivity index is 2.69. The lowest BCUT2D eigenvalue weighted by atomic mass is 10.0. The van der Waals surface area contributed by atoms with Gasteiger partial charge in [-0.15, -0.1) is 0 Å². The quantitative estimate of drug-likeness (QED) is 0.484. The van der Waals surface area contributed by atoms with E-state index in [9.17, 15) is 5.11 Å². The minimum atomic E-state index is -0.172. The third-order valence-electron chi connectivity index (χ3n) is 2.97. The summed E-state index contributed by atoms with van der Waals surface area (Å²) in [6, 6.07) is 10.8. The first-order valence-corrected chi connectivity index (χ1v) is 7.20. The molecular formula is C15H16BrN5O. The van der Waals surface area contributed by atoms with Crippen molar-refractivity contribution in [1.29, 1.82) is 0 Å². The molecule has 0 unspecified atom stereocenters. The molecule has 0 heterocycles. The van der Waals surface area contributed by atoms with Crippen LogP contribution in [-0.2, 0) is 0 Å². The fraction of sp³-hybridized carbons (Fsp3) is 0.0667. The van der Waals surface area contributed by atoms with E-state index in [1.54, 1.807) is 18.2 Å². The number of phenols is 1. The van der Waals surface area contributed by atoms with Crippen LogP contribution < -0.4 is 17.2 Å². The van der Waals surface area contributed by atoms with E-state index < -0.39 is 0 Å². The first-order chi connectivity index (χ1) is 10.4. The lowest BCUT2D eigenvalue weighted by molar-refractivity contribution is 0.477. The third-order valence-corrected chi connectivity index (χ3v) is 3.97. The molecule has 2 rings (SSSR count). The number of hydrogen-bond acceptors (Lipinski definition) is 2. The topological polar surface area (TPSA) is 123 Å². The highest BCUT2D eigenvalue weighted by atomic mass is 79.9. The predicted octanol–water partition coefficient (Wildman–Crippen LogP) is 2.35. The van der Waals surface area contributed by atoms with Crippen molar-refractivity contribution in [2.24, 2.45) is 27.2 Å². The summed E-state index contributed by atoms with van der Waals surface area (Å²) in [5.74, 6) is -0.0905. The van der Waals surface area contributed by atoms with Crippen LogP contribution in [0.4, 0.5) is 5.69 Å². The van der Waals surface area contributed by atoms with Crippen LogP contribution in [0, 0.1) is 6.92 Å². The molecule has 0 aliphatic heterocycles. The highest BCUT2D eigenvalue weighted by Gasteiger charge is 2.13. The second-order valence-corrected chi connectivity index (χ2v) is 5.41. The van der Waals surface area contributed by atoms with Crippen molar-refractivity contribution < 1.29 is 5.11 Å². The molecule has 22 heavy (non-hydrogen) atoms. The van der Waals surface area contributed by atoms with Gasteiger partial charge in [-0.3, -0.25) is 0 Å². The maximum absolute atomic E-state index is 10.1. The molecule has 0 aromatic heterocycles. The molecule has 7 N–H and O–H groups in total. The molecule has 6 nitrogen and oxygen atoms in total. The zero-order valence-corrected chi connectivity index (χ0v) is 13.5. The van der Waals surface area contributed by atoms with Gasteiger partial charge in [0.15, 0.2) is 5.96 Å². The Hall–Kier alpha value is -2.54. The Morgan fingerprint density at radius 1 is 1.05 bits per heavy atom. The van der Waals surface area contributed by atoms with Crippen LogP contribution in [0.2, 0.25) is 0 Å². The van der Waals surface area contributed by atoms with Gasteiger partial charge < -0.3 is 22.3 Å². The number of hydrogen-bond donors (Lipinski definition) is 4. The van der Waals surface area contributed by atoms with E-state index in [0.29, 0.717) is 16.8 Å². The highest BCUT2D eigenvalue weighted by Crippen LogP contribution is 2.41. The number of phenolic OH excluding ortho intramolecular Hbond substituents is 1. The van der Waals surface area contributed by atoms with Crippen molar-refractivity contribution in [3.63, 3.8) is 0 Å². The Labute approximate surface area is 136 Å². The maximum Gasteiger partial charge on any atom is 0.223 e. The van der Waals surface area contributed by atoms with Crippen molar-refractivity contribution in [3.05, 3.63) is 46.4 Å². The van der Waals surface area contributed by atoms with Gasteiger partial charge in [0, 0.05) is 15.6 Å². The van der Waals surface area contributed by atoms with Crippen molar-refractivity contribution in [2.45, 2.75) is 6.92 Å². The SMILES string of the molecule is Cc1ccc(-c2ccccc2O)c(N=C(N)N=C(N)N)c1Br. The molecule has 0 atom stereocenters. The average Bonchev–Trinajstić information content (AvgIpc) is 2.44. The third kappa shape index (κ3) is 3.37. The lowest BCUT2D eigenvalue weighted by Gasteiger charge is -2.12. The number of rotatable bonds is 2. The first kappa shape index (κ1) is 15.8. The van der Waals surface area contributed by atoms with Crippen LogP contribution >= 0.6 is 15.9 Å². The van der Waals surface area contributed by atoms with E-state index in [2.05, 4.69) is 25.9 Å². The van der Waals surface area contributed by atoms with Crippen molar-refractivity contribution in [2.75, 3.05) is 0 Å². The molecule has 114 valence electrons. The number of nitrogens with two attached hydrogens (primary N) is 3. The number of aryl methyl sites for hydroxylation is 1. The lowest BCUT2D eigenvalue weighted by Crippen LogP contribution is -2.26. The summed E-state index contributed by atoms with van der Waals surface area (Å²) in [5, 5.41) is 10.1. The molecular weight excluding hydrogens is 346 g/mol. The van der Waals surface area contributed by atoms with Gasteiger partial charge in [-0.25, -0.2) is 4.99 Å². The van der Waals surface area contributed by atoms with Gasteiger partial charge >= 0.3 is 0 Å². The molecule has 0 spiro atoms. The molecule has 0 aliphatic rings. The Kier molecular flexibility index (Phi) is 4.67. The number of para-hydroxylation sites is 1. The van der Waals surface area contributed by atoms with Crippen molar-refractivity contribution in [3.8, 4) is 16.9 Å². The number of aliphatic imine (C=N–C) groups is 2. The van der Waals surface area contributed by atoms with Crippen LogP contribution in [-0.4, -0.2) is 17.0 Å². The van der Waals surface area contributed by atoms with E-state index in [-0.39, 0.29) is 17.7 Å². The molecule has 0 aliphatic carbocycles. The minimum Gasteiger partial charge on any atom is -0.507 e. The number of benzene rings is 2. The van der Waals surface area contributed by atoms with Gasteiger partial charge in [0.05, 0.1) is 5.69 Å². The van der Waals surface area contributed by atoms with E-state index in [1.807, 2.05) is 25.1 Å². The van der Waals surface area contributed by atoms with Gasteiger partial charge in [0.25, 0.3) is 0 Å². The van der Waals surface area contributed by atoms with Gasteiger partial charge in [-0.1, -0.05) is 30.3 Å². The predicted molar refractivity (Wildman–Crippen MR) is 93.1 cm³/mol. The highest BCUT2D eigenvalue weighted by molar-refractivity contribution is 9.10. The summed E-state index contributed by atoms with van der Waals surface area (Å²) in [7, 11) is 0. The molecule has 0 fully saturated rings. The van der Waals surface area contributed by atoms with Crippen LogP contribution in [0.3, 0.4) is 0 Å². The average molecular weight is 362 g/mol. The van der Waals surface area contributed by atoms with Gasteiger partial charge in [0.2, 0.25) is 5.96 Å². The molecule has 0 saturated carbocycles. The van der Waals surface area contributed by atoms with Crippen molar-refractivity contribution >= 4 is 33.5 Å². The standard InChI is InChI=1S/C15H16BrN5O/c1-8-6-7-10(9-4-2-3-5-11(9)22)13(12(8)16)20-15(19)21-14(17)18/h2-7,22H,1H3,(H6,17,18,19,20,21). The Bertz CT molecular complexity index is 767. The Morgan fingerprint density at radius 2 is 1.73 bits per heavy atom. The monoisotopic (exact) mass is 361 g/mol. The minimum absolute atomic E-state index is 0.0667. The Morgan fingerprint density at radius 3 is 2.36 bits per heavy atom. The summed E-state index contributed by atoms with van der Waals surface area (Å²) in [4.78, 5) is 7.98. The zero-order chi connectivity index (χ0) is 16.3. The van der Waals surface area contributed by atoms with E-state index in [0.717, 1.165) is 10.0 Å². The van der Waals surface area contributed by atoms with Gasteiger partial charge in [-0.05, 0) is 34.5 Å². The second kappa shape index (κ2) is 6.48. The summed E-state index contributed by atoms with van der Waals surface area (Å²) in [5.41, 5.74) is 19.2. The normalized spacial score (nSPS) is 11.3. The number of halogens is 1. The smallest absolute Gasteiger partial charge is 0.223 e. The molecule has 2 aromatic carbocycles. The van der Waals surface area contributed by atoms with Gasteiger partial charge in [-0.2, -0.15) is 4.99 Å². The number of guanidine groups is 2. The van der Waals surface area contributed by atoms with Gasteiger partial charge in [0.1, 0.15) is 5.75 Å². The summed E-state index contributed by atoms with van der Waals surface area (Å²) in [6.07, 6.45) is 0. The molecule has 0 saturated heterocycles.